The Morgan fingerprint density at radius 1 is 1.59 bits per heavy atom. The molecule has 88 valence electrons. The lowest BCUT2D eigenvalue weighted by Crippen LogP contribution is -2.27. The van der Waals surface area contributed by atoms with Crippen LogP contribution >= 0.6 is 0 Å². The molecule has 0 radical (unpaired) electrons. The van der Waals surface area contributed by atoms with Crippen molar-refractivity contribution in [1.29, 1.82) is 0 Å². The molecule has 1 unspecified atom stereocenters. The van der Waals surface area contributed by atoms with Gasteiger partial charge in [0.1, 0.15) is 0 Å². The number of rotatable bonds is 3. The van der Waals surface area contributed by atoms with E-state index >= 15 is 0 Å². The van der Waals surface area contributed by atoms with Crippen LogP contribution in [-0.4, -0.2) is 26.1 Å². The fraction of sp³-hybridized carbons (Fsp3) is 0.200. The third kappa shape index (κ3) is 2.57. The molecule has 2 aromatic rings. The number of nitrogen functional groups attached to an aromatic ring is 1. The maximum absolute atomic E-state index is 11.7. The fourth-order valence-electron chi connectivity index (χ4n) is 1.36. The molecular formula is C10H12N6O. The molecule has 17 heavy (non-hydrogen) atoms. The summed E-state index contributed by atoms with van der Waals surface area (Å²) in [6.07, 6.45) is 3.37. The lowest BCUT2D eigenvalue weighted by molar-refractivity contribution is 0.0930. The van der Waals surface area contributed by atoms with Crippen LogP contribution in [-0.2, 0) is 0 Å². The smallest absolute Gasteiger partial charge is 0.289 e. The topological polar surface area (TPSA) is 110 Å². The SMILES string of the molecule is CC(NC(=O)c1nc(N)n[nH]1)c1cccnc1. The minimum Gasteiger partial charge on any atom is -0.366 e. The Kier molecular flexibility index (Phi) is 2.99. The Labute approximate surface area is 97.5 Å². The molecule has 7 nitrogen and oxygen atoms in total. The number of hydrogen-bond acceptors (Lipinski definition) is 5. The maximum Gasteiger partial charge on any atom is 0.289 e. The van der Waals surface area contributed by atoms with Gasteiger partial charge in [-0.2, -0.15) is 4.98 Å². The van der Waals surface area contributed by atoms with Crippen molar-refractivity contribution in [1.82, 2.24) is 25.5 Å². The highest BCUT2D eigenvalue weighted by Crippen LogP contribution is 2.10. The maximum atomic E-state index is 11.7. The molecule has 2 rings (SSSR count). The predicted molar refractivity (Wildman–Crippen MR) is 60.9 cm³/mol. The van der Waals surface area contributed by atoms with Crippen molar-refractivity contribution in [3.63, 3.8) is 0 Å². The second-order valence-corrected chi connectivity index (χ2v) is 3.52. The molecule has 0 fully saturated rings. The Morgan fingerprint density at radius 2 is 2.41 bits per heavy atom. The quantitative estimate of drug-likeness (QED) is 0.703. The number of aromatic amines is 1. The number of nitrogens with two attached hydrogens (primary N) is 1. The van der Waals surface area contributed by atoms with Crippen LogP contribution in [0.15, 0.2) is 24.5 Å². The van der Waals surface area contributed by atoms with E-state index in [0.717, 1.165) is 5.56 Å². The Morgan fingerprint density at radius 3 is 3.00 bits per heavy atom. The van der Waals surface area contributed by atoms with E-state index in [1.807, 2.05) is 19.1 Å². The van der Waals surface area contributed by atoms with Crippen LogP contribution in [0.5, 0.6) is 0 Å². The molecule has 0 aliphatic carbocycles. The van der Waals surface area contributed by atoms with Gasteiger partial charge >= 0.3 is 0 Å². The van der Waals surface area contributed by atoms with Gasteiger partial charge in [0.25, 0.3) is 5.91 Å². The van der Waals surface area contributed by atoms with E-state index in [9.17, 15) is 4.79 Å². The van der Waals surface area contributed by atoms with Crippen molar-refractivity contribution in [2.45, 2.75) is 13.0 Å². The van der Waals surface area contributed by atoms with Crippen molar-refractivity contribution < 1.29 is 4.79 Å². The number of H-pyrrole nitrogens is 1. The zero-order chi connectivity index (χ0) is 12.3. The first-order valence-corrected chi connectivity index (χ1v) is 5.05. The first-order chi connectivity index (χ1) is 8.16. The summed E-state index contributed by atoms with van der Waals surface area (Å²) in [4.78, 5) is 19.4. The highest BCUT2D eigenvalue weighted by molar-refractivity contribution is 5.90. The Hall–Kier alpha value is -2.44. The number of hydrogen-bond donors (Lipinski definition) is 3. The number of aromatic nitrogens is 4. The summed E-state index contributed by atoms with van der Waals surface area (Å²) in [7, 11) is 0. The second-order valence-electron chi connectivity index (χ2n) is 3.52. The Balaban J connectivity index is 2.04. The fourth-order valence-corrected chi connectivity index (χ4v) is 1.36. The zero-order valence-corrected chi connectivity index (χ0v) is 9.21. The normalized spacial score (nSPS) is 12.1. The zero-order valence-electron chi connectivity index (χ0n) is 9.21. The lowest BCUT2D eigenvalue weighted by atomic mass is 10.1. The number of nitrogens with zero attached hydrogens (tertiary/aromatic N) is 3. The van der Waals surface area contributed by atoms with E-state index in [0.29, 0.717) is 0 Å². The number of pyridine rings is 1. The molecule has 7 heteroatoms. The van der Waals surface area contributed by atoms with Gasteiger partial charge in [0, 0.05) is 12.4 Å². The average Bonchev–Trinajstić information content (AvgIpc) is 2.77. The summed E-state index contributed by atoms with van der Waals surface area (Å²) >= 11 is 0. The molecule has 4 N–H and O–H groups in total. The van der Waals surface area contributed by atoms with E-state index in [1.165, 1.54) is 0 Å². The molecule has 0 bridgehead atoms. The minimum absolute atomic E-state index is 0.0455. The summed E-state index contributed by atoms with van der Waals surface area (Å²) in [6.45, 7) is 1.86. The van der Waals surface area contributed by atoms with Crippen LogP contribution in [0.25, 0.3) is 0 Å². The molecule has 0 aliphatic rings. The first kappa shape index (κ1) is 11.1. The number of carbonyl (C=O) groups excluding carboxylic acids is 1. The van der Waals surface area contributed by atoms with E-state index in [-0.39, 0.29) is 23.7 Å². The second kappa shape index (κ2) is 4.60. The standard InChI is InChI=1S/C10H12N6O/c1-6(7-3-2-4-12-5-7)13-9(17)8-14-10(11)16-15-8/h2-6H,1H3,(H,13,17)(H3,11,14,15,16). The van der Waals surface area contributed by atoms with Crippen molar-refractivity contribution in [2.24, 2.45) is 0 Å². The molecule has 2 aromatic heterocycles. The highest BCUT2D eigenvalue weighted by Gasteiger charge is 2.14. The molecule has 1 atom stereocenters. The van der Waals surface area contributed by atoms with Crippen LogP contribution in [0.4, 0.5) is 5.95 Å². The van der Waals surface area contributed by atoms with Gasteiger partial charge in [0.2, 0.25) is 11.8 Å². The van der Waals surface area contributed by atoms with Gasteiger partial charge in [-0.1, -0.05) is 6.07 Å². The number of anilines is 1. The van der Waals surface area contributed by atoms with Gasteiger partial charge in [-0.3, -0.25) is 14.9 Å². The van der Waals surface area contributed by atoms with Crippen LogP contribution in [0, 0.1) is 0 Å². The van der Waals surface area contributed by atoms with Gasteiger partial charge in [0.05, 0.1) is 6.04 Å². The highest BCUT2D eigenvalue weighted by atomic mass is 16.2. The van der Waals surface area contributed by atoms with Gasteiger partial charge in [-0.25, -0.2) is 0 Å². The van der Waals surface area contributed by atoms with Gasteiger partial charge in [-0.15, -0.1) is 5.10 Å². The van der Waals surface area contributed by atoms with E-state index < -0.39 is 0 Å². The van der Waals surface area contributed by atoms with Crippen LogP contribution in [0.3, 0.4) is 0 Å². The van der Waals surface area contributed by atoms with E-state index in [1.54, 1.807) is 12.4 Å². The van der Waals surface area contributed by atoms with E-state index in [4.69, 9.17) is 5.73 Å². The lowest BCUT2D eigenvalue weighted by Gasteiger charge is -2.12. The number of nitrogens with one attached hydrogen (secondary N) is 2. The summed E-state index contributed by atoms with van der Waals surface area (Å²) in [5, 5.41) is 8.79. The molecule has 1 amide bonds. The predicted octanol–water partition coefficient (Wildman–Crippen LogP) is 0.273. The number of carbonyl (C=O) groups is 1. The van der Waals surface area contributed by atoms with Crippen molar-refractivity contribution >= 4 is 11.9 Å². The van der Waals surface area contributed by atoms with Crippen LogP contribution in [0.2, 0.25) is 0 Å². The summed E-state index contributed by atoms with van der Waals surface area (Å²) < 4.78 is 0. The molecule has 0 spiro atoms. The summed E-state index contributed by atoms with van der Waals surface area (Å²) in [6, 6.07) is 3.53. The first-order valence-electron chi connectivity index (χ1n) is 5.05. The van der Waals surface area contributed by atoms with Crippen LogP contribution in [0.1, 0.15) is 29.1 Å². The van der Waals surface area contributed by atoms with Crippen molar-refractivity contribution in [2.75, 3.05) is 5.73 Å². The third-order valence-electron chi connectivity index (χ3n) is 2.25. The summed E-state index contributed by atoms with van der Waals surface area (Å²) in [5.41, 5.74) is 6.23. The average molecular weight is 232 g/mol. The molecular weight excluding hydrogens is 220 g/mol. The minimum atomic E-state index is -0.356. The van der Waals surface area contributed by atoms with Crippen LogP contribution < -0.4 is 11.1 Å². The summed E-state index contributed by atoms with van der Waals surface area (Å²) in [5.74, 6) is -0.215. The van der Waals surface area contributed by atoms with Gasteiger partial charge in [0.15, 0.2) is 0 Å². The molecule has 2 heterocycles. The van der Waals surface area contributed by atoms with Crippen molar-refractivity contribution in [3.05, 3.63) is 35.9 Å². The largest absolute Gasteiger partial charge is 0.366 e. The van der Waals surface area contributed by atoms with Crippen molar-refractivity contribution in [3.8, 4) is 0 Å². The third-order valence-corrected chi connectivity index (χ3v) is 2.25. The molecule has 0 aliphatic heterocycles. The monoisotopic (exact) mass is 232 g/mol. The van der Waals surface area contributed by atoms with Gasteiger partial charge < -0.3 is 11.1 Å². The van der Waals surface area contributed by atoms with Gasteiger partial charge in [-0.05, 0) is 18.6 Å². The molecule has 0 saturated carbocycles. The molecule has 0 aromatic carbocycles. The Bertz CT molecular complexity index is 509. The molecule has 0 saturated heterocycles. The van der Waals surface area contributed by atoms with E-state index in [2.05, 4.69) is 25.5 Å². The number of amides is 1.